The van der Waals surface area contributed by atoms with E-state index < -0.39 is 0 Å². The highest BCUT2D eigenvalue weighted by atomic mass is 32.1. The SMILES string of the molecule is CCOC(=O)c1ccc(NC(=S)N2CC(C)OC(C)C2)cc1. The van der Waals surface area contributed by atoms with Crippen LogP contribution in [-0.2, 0) is 9.47 Å². The normalized spacial score (nSPS) is 21.3. The zero-order chi connectivity index (χ0) is 16.1. The van der Waals surface area contributed by atoms with E-state index in [1.54, 1.807) is 19.1 Å². The molecule has 0 amide bonds. The first-order chi connectivity index (χ1) is 10.5. The second-order valence-electron chi connectivity index (χ2n) is 5.39. The van der Waals surface area contributed by atoms with Crippen molar-refractivity contribution in [1.29, 1.82) is 0 Å². The van der Waals surface area contributed by atoms with Crippen LogP contribution in [0.2, 0.25) is 0 Å². The summed E-state index contributed by atoms with van der Waals surface area (Å²) >= 11 is 5.46. The minimum atomic E-state index is -0.313. The maximum absolute atomic E-state index is 11.6. The van der Waals surface area contributed by atoms with Gasteiger partial charge in [0, 0.05) is 18.8 Å². The van der Waals surface area contributed by atoms with Crippen molar-refractivity contribution in [2.24, 2.45) is 0 Å². The molecule has 1 aliphatic heterocycles. The van der Waals surface area contributed by atoms with Crippen LogP contribution in [0, 0.1) is 0 Å². The Hall–Kier alpha value is -1.66. The fourth-order valence-electron chi connectivity index (χ4n) is 2.45. The van der Waals surface area contributed by atoms with Crippen LogP contribution in [0.15, 0.2) is 24.3 Å². The van der Waals surface area contributed by atoms with E-state index in [1.807, 2.05) is 26.0 Å². The predicted octanol–water partition coefficient (Wildman–Crippen LogP) is 2.67. The van der Waals surface area contributed by atoms with Gasteiger partial charge in [-0.25, -0.2) is 4.79 Å². The van der Waals surface area contributed by atoms with Crippen LogP contribution >= 0.6 is 12.2 Å². The monoisotopic (exact) mass is 322 g/mol. The van der Waals surface area contributed by atoms with E-state index in [9.17, 15) is 4.79 Å². The van der Waals surface area contributed by atoms with E-state index in [2.05, 4.69) is 10.2 Å². The Kier molecular flexibility index (Phi) is 5.74. The van der Waals surface area contributed by atoms with E-state index in [-0.39, 0.29) is 18.2 Å². The average molecular weight is 322 g/mol. The van der Waals surface area contributed by atoms with E-state index >= 15 is 0 Å². The smallest absolute Gasteiger partial charge is 0.338 e. The van der Waals surface area contributed by atoms with Crippen LogP contribution in [-0.4, -0.2) is 47.9 Å². The highest BCUT2D eigenvalue weighted by molar-refractivity contribution is 7.80. The van der Waals surface area contributed by atoms with Crippen molar-refractivity contribution in [2.45, 2.75) is 33.0 Å². The van der Waals surface area contributed by atoms with Crippen LogP contribution in [0.5, 0.6) is 0 Å². The number of morpholine rings is 1. The number of nitrogens with one attached hydrogen (secondary N) is 1. The Bertz CT molecular complexity index is 523. The number of esters is 1. The van der Waals surface area contributed by atoms with Gasteiger partial charge in [-0.3, -0.25) is 0 Å². The van der Waals surface area contributed by atoms with Gasteiger partial charge >= 0.3 is 5.97 Å². The van der Waals surface area contributed by atoms with Crippen molar-refractivity contribution in [3.8, 4) is 0 Å². The molecule has 2 rings (SSSR count). The molecular formula is C16H22N2O3S. The molecule has 1 aliphatic rings. The Morgan fingerprint density at radius 3 is 2.45 bits per heavy atom. The summed E-state index contributed by atoms with van der Waals surface area (Å²) in [6.45, 7) is 7.79. The van der Waals surface area contributed by atoms with Gasteiger partial charge in [0.1, 0.15) is 0 Å². The van der Waals surface area contributed by atoms with Crippen molar-refractivity contribution in [3.05, 3.63) is 29.8 Å². The van der Waals surface area contributed by atoms with Crippen molar-refractivity contribution < 1.29 is 14.3 Å². The molecule has 0 aromatic heterocycles. The molecule has 1 heterocycles. The lowest BCUT2D eigenvalue weighted by molar-refractivity contribution is -0.0473. The third-order valence-corrected chi connectivity index (χ3v) is 3.71. The van der Waals surface area contributed by atoms with Crippen molar-refractivity contribution in [1.82, 2.24) is 4.90 Å². The summed E-state index contributed by atoms with van der Waals surface area (Å²) in [6, 6.07) is 7.11. The average Bonchev–Trinajstić information content (AvgIpc) is 2.47. The maximum Gasteiger partial charge on any atom is 0.338 e. The first-order valence-corrected chi connectivity index (χ1v) is 7.89. The molecule has 1 aromatic carbocycles. The van der Waals surface area contributed by atoms with Gasteiger partial charge < -0.3 is 19.7 Å². The van der Waals surface area contributed by atoms with Gasteiger partial charge in [-0.1, -0.05) is 0 Å². The fraction of sp³-hybridized carbons (Fsp3) is 0.500. The number of nitrogens with zero attached hydrogens (tertiary/aromatic N) is 1. The van der Waals surface area contributed by atoms with Gasteiger partial charge in [-0.15, -0.1) is 0 Å². The van der Waals surface area contributed by atoms with Crippen LogP contribution in [0.1, 0.15) is 31.1 Å². The Morgan fingerprint density at radius 2 is 1.91 bits per heavy atom. The summed E-state index contributed by atoms with van der Waals surface area (Å²) in [7, 11) is 0. The van der Waals surface area contributed by atoms with Crippen LogP contribution in [0.3, 0.4) is 0 Å². The molecule has 1 N–H and O–H groups in total. The Labute approximate surface area is 136 Å². The lowest BCUT2D eigenvalue weighted by Gasteiger charge is -2.36. The number of benzene rings is 1. The number of carbonyl (C=O) groups excluding carboxylic acids is 1. The van der Waals surface area contributed by atoms with Gasteiger partial charge in [0.15, 0.2) is 5.11 Å². The molecule has 1 saturated heterocycles. The number of thiocarbonyl (C=S) groups is 1. The van der Waals surface area contributed by atoms with Crippen molar-refractivity contribution in [2.75, 3.05) is 25.0 Å². The lowest BCUT2D eigenvalue weighted by Crippen LogP contribution is -2.49. The molecule has 2 unspecified atom stereocenters. The lowest BCUT2D eigenvalue weighted by atomic mass is 10.2. The zero-order valence-corrected chi connectivity index (χ0v) is 14.0. The minimum Gasteiger partial charge on any atom is -0.462 e. The van der Waals surface area contributed by atoms with Gasteiger partial charge in [0.2, 0.25) is 0 Å². The summed E-state index contributed by atoms with van der Waals surface area (Å²) in [5, 5.41) is 3.87. The predicted molar refractivity (Wildman–Crippen MR) is 90.2 cm³/mol. The van der Waals surface area contributed by atoms with Crippen LogP contribution < -0.4 is 5.32 Å². The number of carbonyl (C=O) groups is 1. The summed E-state index contributed by atoms with van der Waals surface area (Å²) in [5.41, 5.74) is 1.39. The molecule has 5 nitrogen and oxygen atoms in total. The third-order valence-electron chi connectivity index (χ3n) is 3.35. The summed E-state index contributed by atoms with van der Waals surface area (Å²) in [4.78, 5) is 13.7. The third kappa shape index (κ3) is 4.42. The van der Waals surface area contributed by atoms with Gasteiger partial charge in [0.25, 0.3) is 0 Å². The Balaban J connectivity index is 1.95. The molecular weight excluding hydrogens is 300 g/mol. The maximum atomic E-state index is 11.6. The molecule has 6 heteroatoms. The second-order valence-corrected chi connectivity index (χ2v) is 5.78. The molecule has 0 radical (unpaired) electrons. The number of hydrogen-bond donors (Lipinski definition) is 1. The van der Waals surface area contributed by atoms with Gasteiger partial charge in [-0.05, 0) is 57.3 Å². The van der Waals surface area contributed by atoms with E-state index in [0.29, 0.717) is 17.3 Å². The number of hydrogen-bond acceptors (Lipinski definition) is 4. The Morgan fingerprint density at radius 1 is 1.32 bits per heavy atom. The molecule has 1 fully saturated rings. The highest BCUT2D eigenvalue weighted by Crippen LogP contribution is 2.15. The number of ether oxygens (including phenoxy) is 2. The molecule has 0 bridgehead atoms. The van der Waals surface area contributed by atoms with Crippen molar-refractivity contribution >= 4 is 29.0 Å². The second kappa shape index (κ2) is 7.56. The first kappa shape index (κ1) is 16.7. The molecule has 2 atom stereocenters. The molecule has 0 aliphatic carbocycles. The summed E-state index contributed by atoms with van der Waals surface area (Å²) in [6.07, 6.45) is 0.324. The quantitative estimate of drug-likeness (QED) is 0.682. The fourth-order valence-corrected chi connectivity index (χ4v) is 2.72. The number of rotatable bonds is 3. The molecule has 1 aromatic rings. The van der Waals surface area contributed by atoms with Gasteiger partial charge in [0.05, 0.1) is 24.4 Å². The summed E-state index contributed by atoms with van der Waals surface area (Å²) < 4.78 is 10.7. The first-order valence-electron chi connectivity index (χ1n) is 7.48. The summed E-state index contributed by atoms with van der Waals surface area (Å²) in [5.74, 6) is -0.313. The van der Waals surface area contributed by atoms with E-state index in [4.69, 9.17) is 21.7 Å². The van der Waals surface area contributed by atoms with Gasteiger partial charge in [-0.2, -0.15) is 0 Å². The van der Waals surface area contributed by atoms with E-state index in [0.717, 1.165) is 18.8 Å². The molecule has 22 heavy (non-hydrogen) atoms. The van der Waals surface area contributed by atoms with Crippen LogP contribution in [0.25, 0.3) is 0 Å². The highest BCUT2D eigenvalue weighted by Gasteiger charge is 2.23. The molecule has 0 spiro atoms. The topological polar surface area (TPSA) is 50.8 Å². The number of anilines is 1. The molecule has 120 valence electrons. The van der Waals surface area contributed by atoms with Crippen molar-refractivity contribution in [3.63, 3.8) is 0 Å². The largest absolute Gasteiger partial charge is 0.462 e. The zero-order valence-electron chi connectivity index (χ0n) is 13.2. The van der Waals surface area contributed by atoms with Crippen LogP contribution in [0.4, 0.5) is 5.69 Å². The van der Waals surface area contributed by atoms with E-state index in [1.165, 1.54) is 0 Å². The minimum absolute atomic E-state index is 0.162. The molecule has 0 saturated carbocycles. The standard InChI is InChI=1S/C16H22N2O3S/c1-4-20-15(19)13-5-7-14(8-6-13)17-16(22)18-9-11(2)21-12(3)10-18/h5-8,11-12H,4,9-10H2,1-3H3,(H,17,22).